The largest absolute Gasteiger partial charge is 0.339 e. The van der Waals surface area contributed by atoms with Crippen LogP contribution in [0.5, 0.6) is 0 Å². The van der Waals surface area contributed by atoms with E-state index in [0.717, 1.165) is 10.2 Å². The van der Waals surface area contributed by atoms with E-state index in [4.69, 9.17) is 11.6 Å². The normalized spacial score (nSPS) is 10.8. The summed E-state index contributed by atoms with van der Waals surface area (Å²) in [6.07, 6.45) is 1.65. The Labute approximate surface area is 127 Å². The van der Waals surface area contributed by atoms with Crippen LogP contribution in [-0.4, -0.2) is 23.3 Å². The molecular weight excluding hydrogens is 344 g/mol. The van der Waals surface area contributed by atoms with Gasteiger partial charge in [-0.3, -0.25) is 0 Å². The lowest BCUT2D eigenvalue weighted by Gasteiger charge is -2.17. The minimum Gasteiger partial charge on any atom is -0.339 e. The predicted octanol–water partition coefficient (Wildman–Crippen LogP) is 4.31. The number of halogens is 2. The van der Waals surface area contributed by atoms with Crippen LogP contribution in [0.15, 0.2) is 28.9 Å². The number of aromatic nitrogens is 2. The van der Waals surface area contributed by atoms with E-state index in [1.54, 1.807) is 6.20 Å². The Morgan fingerprint density at radius 3 is 2.74 bits per heavy atom. The van der Waals surface area contributed by atoms with Crippen molar-refractivity contribution >= 4 is 52.3 Å². The molecule has 1 aromatic heterocycles. The molecule has 1 N–H and O–H groups in total. The van der Waals surface area contributed by atoms with Gasteiger partial charge >= 0.3 is 0 Å². The van der Waals surface area contributed by atoms with Crippen LogP contribution in [0.1, 0.15) is 5.56 Å². The molecule has 0 radical (unpaired) electrons. The molecule has 0 aliphatic heterocycles. The zero-order chi connectivity index (χ0) is 14.0. The molecule has 6 heteroatoms. The van der Waals surface area contributed by atoms with E-state index in [9.17, 15) is 0 Å². The summed E-state index contributed by atoms with van der Waals surface area (Å²) >= 11 is 9.26. The van der Waals surface area contributed by atoms with Crippen molar-refractivity contribution in [3.63, 3.8) is 0 Å². The first kappa shape index (κ1) is 14.7. The van der Waals surface area contributed by atoms with E-state index in [1.807, 2.05) is 6.07 Å². The summed E-state index contributed by atoms with van der Waals surface area (Å²) in [6.45, 7) is 6.61. The summed E-state index contributed by atoms with van der Waals surface area (Å²) < 4.78 is 0.792. The zero-order valence-corrected chi connectivity index (χ0v) is 14.1. The molecule has 0 fully saturated rings. The predicted molar refractivity (Wildman–Crippen MR) is 87.6 cm³/mol. The highest BCUT2D eigenvalue weighted by molar-refractivity contribution is 9.10. The molecule has 3 nitrogen and oxygen atoms in total. The highest BCUT2D eigenvalue weighted by Gasteiger charge is 2.11. The monoisotopic (exact) mass is 357 g/mol. The van der Waals surface area contributed by atoms with Gasteiger partial charge in [0.05, 0.1) is 4.47 Å². The number of hydrogen-bond acceptors (Lipinski definition) is 3. The number of nitrogens with zero attached hydrogens (tertiary/aromatic N) is 2. The van der Waals surface area contributed by atoms with Gasteiger partial charge in [0.15, 0.2) is 0 Å². The molecule has 0 aliphatic carbocycles. The number of benzene rings is 1. The van der Waals surface area contributed by atoms with Gasteiger partial charge in [-0.25, -0.2) is 4.98 Å². The first-order valence-electron chi connectivity index (χ1n) is 5.71. The summed E-state index contributed by atoms with van der Waals surface area (Å²) in [5, 5.41) is 4.92. The average molecular weight is 359 g/mol. The van der Waals surface area contributed by atoms with E-state index in [1.165, 1.54) is 10.9 Å². The molecule has 0 spiro atoms. The van der Waals surface area contributed by atoms with Crippen LogP contribution in [0.2, 0.25) is 5.28 Å². The minimum absolute atomic E-state index is 0.205. The van der Waals surface area contributed by atoms with Crippen molar-refractivity contribution in [3.8, 4) is 0 Å². The van der Waals surface area contributed by atoms with Crippen LogP contribution >= 0.6 is 35.5 Å². The van der Waals surface area contributed by atoms with Crippen molar-refractivity contribution in [2.75, 3.05) is 18.6 Å². The first-order valence-corrected chi connectivity index (χ1v) is 9.11. The second kappa shape index (κ2) is 6.17. The van der Waals surface area contributed by atoms with E-state index in [-0.39, 0.29) is 13.2 Å². The van der Waals surface area contributed by atoms with Gasteiger partial charge in [0, 0.05) is 17.2 Å². The fourth-order valence-electron chi connectivity index (χ4n) is 1.91. The summed E-state index contributed by atoms with van der Waals surface area (Å²) in [5.74, 6) is 0.684. The van der Waals surface area contributed by atoms with E-state index >= 15 is 0 Å². The number of hydrogen-bond donors (Lipinski definition) is 1. The molecule has 19 heavy (non-hydrogen) atoms. The molecule has 0 saturated heterocycles. The molecular formula is C13H14BrClN3P. The SMILES string of the molecule is Cc1cccc(Nc2nc(Cl)ncc2Br)c1P(C)C. The number of anilines is 2. The Balaban J connectivity index is 2.44. The third kappa shape index (κ3) is 3.44. The summed E-state index contributed by atoms with van der Waals surface area (Å²) in [5.41, 5.74) is 2.36. The van der Waals surface area contributed by atoms with Gasteiger partial charge < -0.3 is 5.32 Å². The Morgan fingerprint density at radius 1 is 1.32 bits per heavy atom. The van der Waals surface area contributed by atoms with Gasteiger partial charge in [0.1, 0.15) is 5.82 Å². The lowest BCUT2D eigenvalue weighted by atomic mass is 10.2. The van der Waals surface area contributed by atoms with Crippen molar-refractivity contribution in [3.05, 3.63) is 39.7 Å². The van der Waals surface area contributed by atoms with Crippen molar-refractivity contribution in [2.45, 2.75) is 6.92 Å². The van der Waals surface area contributed by atoms with E-state index < -0.39 is 0 Å². The topological polar surface area (TPSA) is 37.8 Å². The van der Waals surface area contributed by atoms with E-state index in [2.05, 4.69) is 63.6 Å². The molecule has 0 unspecified atom stereocenters. The Morgan fingerprint density at radius 2 is 2.05 bits per heavy atom. The van der Waals surface area contributed by atoms with Crippen molar-refractivity contribution in [1.29, 1.82) is 0 Å². The van der Waals surface area contributed by atoms with Gasteiger partial charge in [-0.15, -0.1) is 0 Å². The van der Waals surface area contributed by atoms with Crippen molar-refractivity contribution in [1.82, 2.24) is 9.97 Å². The molecule has 2 rings (SSSR count). The van der Waals surface area contributed by atoms with Gasteiger partial charge in [-0.2, -0.15) is 4.98 Å². The van der Waals surface area contributed by atoms with Gasteiger partial charge in [0.25, 0.3) is 0 Å². The van der Waals surface area contributed by atoms with Crippen LogP contribution in [0, 0.1) is 6.92 Å². The Kier molecular flexibility index (Phi) is 4.77. The van der Waals surface area contributed by atoms with E-state index in [0.29, 0.717) is 5.82 Å². The summed E-state index contributed by atoms with van der Waals surface area (Å²) in [4.78, 5) is 8.13. The number of rotatable bonds is 3. The first-order chi connectivity index (χ1) is 8.99. The molecule has 0 amide bonds. The summed E-state index contributed by atoms with van der Waals surface area (Å²) in [7, 11) is -0.205. The van der Waals surface area contributed by atoms with Crippen LogP contribution in [-0.2, 0) is 0 Å². The fourth-order valence-corrected chi connectivity index (χ4v) is 3.73. The van der Waals surface area contributed by atoms with Crippen LogP contribution in [0.25, 0.3) is 0 Å². The molecule has 1 aromatic carbocycles. The van der Waals surface area contributed by atoms with Gasteiger partial charge in [-0.05, 0) is 59.4 Å². The molecule has 0 atom stereocenters. The number of nitrogens with one attached hydrogen (secondary N) is 1. The molecule has 1 heterocycles. The molecule has 100 valence electrons. The number of aryl methyl sites for hydroxylation is 1. The van der Waals surface area contributed by atoms with Crippen molar-refractivity contribution < 1.29 is 0 Å². The molecule has 0 saturated carbocycles. The third-order valence-corrected chi connectivity index (χ3v) is 4.90. The van der Waals surface area contributed by atoms with Gasteiger partial charge in [0.2, 0.25) is 5.28 Å². The highest BCUT2D eigenvalue weighted by atomic mass is 79.9. The maximum absolute atomic E-state index is 5.84. The van der Waals surface area contributed by atoms with Crippen LogP contribution in [0.3, 0.4) is 0 Å². The standard InChI is InChI=1S/C13H14BrClN3P/c1-8-5-4-6-10(11(8)19(2)3)17-12-9(14)7-16-13(15)18-12/h4-7H,1-3H3,(H,16,17,18). The molecule has 2 aromatic rings. The van der Waals surface area contributed by atoms with Crippen LogP contribution < -0.4 is 10.6 Å². The van der Waals surface area contributed by atoms with Gasteiger partial charge in [-0.1, -0.05) is 20.1 Å². The lowest BCUT2D eigenvalue weighted by Crippen LogP contribution is -2.11. The Bertz CT molecular complexity index is 604. The second-order valence-corrected chi connectivity index (χ2v) is 7.75. The zero-order valence-electron chi connectivity index (χ0n) is 10.9. The quantitative estimate of drug-likeness (QED) is 0.656. The maximum Gasteiger partial charge on any atom is 0.224 e. The fraction of sp³-hybridized carbons (Fsp3) is 0.231. The average Bonchev–Trinajstić information content (AvgIpc) is 2.33. The summed E-state index contributed by atoms with van der Waals surface area (Å²) in [6, 6.07) is 6.23. The Hall–Kier alpha value is -0.700. The minimum atomic E-state index is -0.205. The van der Waals surface area contributed by atoms with Crippen molar-refractivity contribution in [2.24, 2.45) is 0 Å². The second-order valence-electron chi connectivity index (χ2n) is 4.33. The molecule has 0 aliphatic rings. The lowest BCUT2D eigenvalue weighted by molar-refractivity contribution is 1.15. The molecule has 0 bridgehead atoms. The maximum atomic E-state index is 5.84. The highest BCUT2D eigenvalue weighted by Crippen LogP contribution is 2.32. The third-order valence-electron chi connectivity index (χ3n) is 2.65. The van der Waals surface area contributed by atoms with Crippen LogP contribution in [0.4, 0.5) is 11.5 Å². The smallest absolute Gasteiger partial charge is 0.224 e.